The smallest absolute Gasteiger partial charge is 0.0654 e. The third-order valence-corrected chi connectivity index (χ3v) is 5.28. The first-order chi connectivity index (χ1) is 10.3. The molecule has 0 unspecified atom stereocenters. The van der Waals surface area contributed by atoms with E-state index in [1.165, 1.54) is 24.8 Å². The predicted molar refractivity (Wildman–Crippen MR) is 83.9 cm³/mol. The maximum Gasteiger partial charge on any atom is 0.0654 e. The Morgan fingerprint density at radius 3 is 2.86 bits per heavy atom. The molecule has 0 spiro atoms. The van der Waals surface area contributed by atoms with E-state index in [1.807, 2.05) is 12.3 Å². The number of piperidine rings is 1. The van der Waals surface area contributed by atoms with E-state index in [4.69, 9.17) is 16.3 Å². The maximum atomic E-state index is 6.48. The molecule has 2 aliphatic heterocycles. The van der Waals surface area contributed by atoms with Crippen LogP contribution in [0.25, 0.3) is 10.9 Å². The second-order valence-electron chi connectivity index (χ2n) is 6.16. The minimum absolute atomic E-state index is 0.559. The summed E-state index contributed by atoms with van der Waals surface area (Å²) in [6.45, 7) is 4.13. The summed E-state index contributed by atoms with van der Waals surface area (Å²) in [5, 5.41) is 9.10. The molecule has 2 aliphatic rings. The summed E-state index contributed by atoms with van der Waals surface area (Å²) in [4.78, 5) is 2.59. The molecule has 3 heterocycles. The van der Waals surface area contributed by atoms with Gasteiger partial charge >= 0.3 is 0 Å². The molecule has 0 amide bonds. The number of nitrogens with zero attached hydrogens (tertiary/aromatic N) is 2. The molecule has 4 rings (SSSR count). The van der Waals surface area contributed by atoms with Crippen LogP contribution in [0.4, 0.5) is 0 Å². The fourth-order valence-corrected chi connectivity index (χ4v) is 4.01. The van der Waals surface area contributed by atoms with Crippen LogP contribution in [0, 0.1) is 0 Å². The summed E-state index contributed by atoms with van der Waals surface area (Å²) < 4.78 is 5.51. The van der Waals surface area contributed by atoms with Gasteiger partial charge in [-0.25, -0.2) is 0 Å². The van der Waals surface area contributed by atoms with E-state index in [1.54, 1.807) is 0 Å². The van der Waals surface area contributed by atoms with Gasteiger partial charge in [-0.05, 0) is 56.0 Å². The lowest BCUT2D eigenvalue weighted by atomic mass is 9.88. The molecule has 2 aromatic rings. The van der Waals surface area contributed by atoms with Gasteiger partial charge in [0.25, 0.3) is 0 Å². The number of fused-ring (bicyclic) bond motifs is 1. The minimum Gasteiger partial charge on any atom is -0.380 e. The van der Waals surface area contributed by atoms with Crippen molar-refractivity contribution in [2.24, 2.45) is 0 Å². The molecule has 2 saturated heterocycles. The molecular formula is C16H20ClN3O. The molecule has 1 aromatic heterocycles. The van der Waals surface area contributed by atoms with Crippen LogP contribution in [0.1, 0.15) is 30.7 Å². The topological polar surface area (TPSA) is 41.2 Å². The van der Waals surface area contributed by atoms with Gasteiger partial charge in [0, 0.05) is 23.1 Å². The zero-order chi connectivity index (χ0) is 14.2. The average molecular weight is 306 g/mol. The van der Waals surface area contributed by atoms with Gasteiger partial charge in [0.15, 0.2) is 0 Å². The van der Waals surface area contributed by atoms with E-state index in [0.29, 0.717) is 12.0 Å². The highest BCUT2D eigenvalue weighted by atomic mass is 35.5. The zero-order valence-corrected chi connectivity index (χ0v) is 12.8. The molecule has 1 atom stereocenters. The SMILES string of the molecule is Clc1cc2cn[nH]c2cc1C1CCN([C@H]2CCOC2)CC1. The maximum absolute atomic E-state index is 6.48. The summed E-state index contributed by atoms with van der Waals surface area (Å²) in [7, 11) is 0. The zero-order valence-electron chi connectivity index (χ0n) is 12.0. The van der Waals surface area contributed by atoms with Crippen molar-refractivity contribution < 1.29 is 4.74 Å². The summed E-state index contributed by atoms with van der Waals surface area (Å²) in [6, 6.07) is 4.85. The van der Waals surface area contributed by atoms with Gasteiger partial charge in [-0.2, -0.15) is 5.10 Å². The van der Waals surface area contributed by atoms with Gasteiger partial charge in [-0.1, -0.05) is 11.6 Å². The van der Waals surface area contributed by atoms with Crippen molar-refractivity contribution in [3.8, 4) is 0 Å². The van der Waals surface area contributed by atoms with Crippen LogP contribution >= 0.6 is 11.6 Å². The Balaban J connectivity index is 1.50. The Hall–Kier alpha value is -1.10. The van der Waals surface area contributed by atoms with Crippen molar-refractivity contribution in [1.82, 2.24) is 15.1 Å². The predicted octanol–water partition coefficient (Wildman–Crippen LogP) is 3.18. The van der Waals surface area contributed by atoms with E-state index < -0.39 is 0 Å². The largest absolute Gasteiger partial charge is 0.380 e. The van der Waals surface area contributed by atoms with Gasteiger partial charge in [0.05, 0.1) is 18.3 Å². The van der Waals surface area contributed by atoms with Crippen LogP contribution < -0.4 is 0 Å². The fraction of sp³-hybridized carbons (Fsp3) is 0.562. The number of benzene rings is 1. The number of likely N-dealkylation sites (tertiary alicyclic amines) is 1. The molecule has 4 nitrogen and oxygen atoms in total. The molecule has 2 fully saturated rings. The molecule has 1 N–H and O–H groups in total. The molecular weight excluding hydrogens is 286 g/mol. The van der Waals surface area contributed by atoms with Crippen molar-refractivity contribution in [1.29, 1.82) is 0 Å². The number of hydrogen-bond acceptors (Lipinski definition) is 3. The van der Waals surface area contributed by atoms with Gasteiger partial charge in [0.1, 0.15) is 0 Å². The number of aromatic amines is 1. The van der Waals surface area contributed by atoms with Gasteiger partial charge in [0.2, 0.25) is 0 Å². The fourth-order valence-electron chi connectivity index (χ4n) is 3.68. The van der Waals surface area contributed by atoms with Crippen LogP contribution in [0.2, 0.25) is 5.02 Å². The number of rotatable bonds is 2. The highest BCUT2D eigenvalue weighted by molar-refractivity contribution is 6.32. The molecule has 112 valence electrons. The number of hydrogen-bond donors (Lipinski definition) is 1. The summed E-state index contributed by atoms with van der Waals surface area (Å²) >= 11 is 6.48. The Labute approximate surface area is 129 Å². The molecule has 5 heteroatoms. The van der Waals surface area contributed by atoms with Gasteiger partial charge in [-0.15, -0.1) is 0 Å². The molecule has 0 bridgehead atoms. The van der Waals surface area contributed by atoms with E-state index in [9.17, 15) is 0 Å². The Morgan fingerprint density at radius 2 is 2.10 bits per heavy atom. The number of nitrogens with one attached hydrogen (secondary N) is 1. The first kappa shape index (κ1) is 13.6. The number of aromatic nitrogens is 2. The lowest BCUT2D eigenvalue weighted by Crippen LogP contribution is -2.41. The molecule has 0 radical (unpaired) electrons. The Morgan fingerprint density at radius 1 is 1.24 bits per heavy atom. The standard InChI is InChI=1S/C16H20ClN3O/c17-15-7-12-9-18-19-16(12)8-14(15)11-1-4-20(5-2-11)13-3-6-21-10-13/h7-9,11,13H,1-6,10H2,(H,18,19)/t13-/m0/s1. The van der Waals surface area contributed by atoms with Crippen LogP contribution in [-0.2, 0) is 4.74 Å². The molecule has 1 aromatic carbocycles. The average Bonchev–Trinajstić information content (AvgIpc) is 3.17. The van der Waals surface area contributed by atoms with Crippen molar-refractivity contribution in [2.45, 2.75) is 31.2 Å². The van der Waals surface area contributed by atoms with Crippen molar-refractivity contribution in [2.75, 3.05) is 26.3 Å². The normalized spacial score (nSPS) is 24.9. The van der Waals surface area contributed by atoms with E-state index >= 15 is 0 Å². The van der Waals surface area contributed by atoms with E-state index in [2.05, 4.69) is 21.2 Å². The van der Waals surface area contributed by atoms with Crippen LogP contribution in [0.3, 0.4) is 0 Å². The minimum atomic E-state index is 0.559. The van der Waals surface area contributed by atoms with Crippen molar-refractivity contribution in [3.63, 3.8) is 0 Å². The lowest BCUT2D eigenvalue weighted by Gasteiger charge is -2.35. The molecule has 0 aliphatic carbocycles. The summed E-state index contributed by atoms with van der Waals surface area (Å²) in [6.07, 6.45) is 5.37. The third-order valence-electron chi connectivity index (χ3n) is 4.95. The van der Waals surface area contributed by atoms with Crippen LogP contribution in [0.15, 0.2) is 18.3 Å². The number of H-pyrrole nitrogens is 1. The van der Waals surface area contributed by atoms with Gasteiger partial charge in [-0.3, -0.25) is 10.00 Å². The number of halogens is 1. The first-order valence-electron chi connectivity index (χ1n) is 7.75. The van der Waals surface area contributed by atoms with Crippen molar-refractivity contribution in [3.05, 3.63) is 28.9 Å². The molecule has 0 saturated carbocycles. The highest BCUT2D eigenvalue weighted by Crippen LogP contribution is 2.35. The highest BCUT2D eigenvalue weighted by Gasteiger charge is 2.29. The van der Waals surface area contributed by atoms with Gasteiger partial charge < -0.3 is 4.74 Å². The summed E-state index contributed by atoms with van der Waals surface area (Å²) in [5.41, 5.74) is 2.36. The lowest BCUT2D eigenvalue weighted by molar-refractivity contribution is 0.122. The molecule has 21 heavy (non-hydrogen) atoms. The first-order valence-corrected chi connectivity index (χ1v) is 8.13. The summed E-state index contributed by atoms with van der Waals surface area (Å²) in [5.74, 6) is 0.559. The monoisotopic (exact) mass is 305 g/mol. The van der Waals surface area contributed by atoms with Crippen molar-refractivity contribution >= 4 is 22.5 Å². The second-order valence-corrected chi connectivity index (χ2v) is 6.57. The van der Waals surface area contributed by atoms with Crippen LogP contribution in [0.5, 0.6) is 0 Å². The quantitative estimate of drug-likeness (QED) is 0.926. The Bertz CT molecular complexity index is 627. The third kappa shape index (κ3) is 2.56. The second kappa shape index (κ2) is 5.59. The Kier molecular flexibility index (Phi) is 3.61. The van der Waals surface area contributed by atoms with E-state index in [-0.39, 0.29) is 0 Å². The number of ether oxygens (including phenoxy) is 1. The van der Waals surface area contributed by atoms with Crippen LogP contribution in [-0.4, -0.2) is 47.4 Å². The van der Waals surface area contributed by atoms with E-state index in [0.717, 1.165) is 42.2 Å².